The first-order chi connectivity index (χ1) is 12.1. The van der Waals surface area contributed by atoms with Gasteiger partial charge in [0.2, 0.25) is 0 Å². The van der Waals surface area contributed by atoms with Crippen molar-refractivity contribution in [1.29, 1.82) is 0 Å². The van der Waals surface area contributed by atoms with Gasteiger partial charge in [-0.05, 0) is 50.7 Å². The van der Waals surface area contributed by atoms with Gasteiger partial charge in [-0.25, -0.2) is 8.42 Å². The number of sulfone groups is 1. The van der Waals surface area contributed by atoms with Crippen LogP contribution in [0, 0.1) is 0 Å². The molecule has 0 atom stereocenters. The lowest BCUT2D eigenvalue weighted by Crippen LogP contribution is -2.41. The van der Waals surface area contributed by atoms with E-state index >= 15 is 0 Å². The van der Waals surface area contributed by atoms with E-state index in [1.807, 2.05) is 6.92 Å². The number of aliphatic imine (C=N–C) groups is 1. The fourth-order valence-electron chi connectivity index (χ4n) is 2.30. The summed E-state index contributed by atoms with van der Waals surface area (Å²) in [6.45, 7) is 11.6. The number of rotatable bonds is 9. The van der Waals surface area contributed by atoms with E-state index in [1.54, 1.807) is 13.8 Å². The molecule has 6 heteroatoms. The summed E-state index contributed by atoms with van der Waals surface area (Å²) in [5, 5.41) is 6.46. The van der Waals surface area contributed by atoms with Crippen LogP contribution in [-0.2, 0) is 16.3 Å². The lowest BCUT2D eigenvalue weighted by Gasteiger charge is -2.21. The number of benzene rings is 1. The van der Waals surface area contributed by atoms with Gasteiger partial charge in [0.15, 0.2) is 15.8 Å². The molecule has 0 aromatic heterocycles. The molecule has 26 heavy (non-hydrogen) atoms. The van der Waals surface area contributed by atoms with Gasteiger partial charge in [-0.15, -0.1) is 0 Å². The van der Waals surface area contributed by atoms with E-state index in [4.69, 9.17) is 0 Å². The van der Waals surface area contributed by atoms with Gasteiger partial charge in [0, 0.05) is 19.3 Å². The third-order valence-corrected chi connectivity index (χ3v) is 6.68. The summed E-state index contributed by atoms with van der Waals surface area (Å²) < 4.78 is 22.7. The number of nitrogens with one attached hydrogen (secondary N) is 2. The predicted octanol–water partition coefficient (Wildman–Crippen LogP) is 3.12. The van der Waals surface area contributed by atoms with Gasteiger partial charge < -0.3 is 10.6 Å². The molecule has 0 saturated carbocycles. The molecule has 0 aliphatic heterocycles. The van der Waals surface area contributed by atoms with Crippen molar-refractivity contribution in [2.45, 2.75) is 58.1 Å². The first-order valence-corrected chi connectivity index (χ1v) is 11.3. The van der Waals surface area contributed by atoms with Crippen LogP contribution in [0.2, 0.25) is 0 Å². The minimum absolute atomic E-state index is 0.234. The molecule has 1 aromatic carbocycles. The fourth-order valence-corrected chi connectivity index (χ4v) is 2.60. The highest BCUT2D eigenvalue weighted by atomic mass is 32.2. The molecule has 1 rings (SSSR count). The van der Waals surface area contributed by atoms with Crippen LogP contribution in [-0.4, -0.2) is 45.0 Å². The van der Waals surface area contributed by atoms with Crippen LogP contribution in [0.15, 0.2) is 29.3 Å². The van der Waals surface area contributed by atoms with E-state index in [0.717, 1.165) is 25.9 Å². The Balaban J connectivity index is 2.52. The molecule has 0 fully saturated rings. The summed E-state index contributed by atoms with van der Waals surface area (Å²) in [5.41, 5.74) is 2.69. The Morgan fingerprint density at radius 2 is 1.77 bits per heavy atom. The molecule has 148 valence electrons. The van der Waals surface area contributed by atoms with E-state index in [0.29, 0.717) is 11.9 Å². The van der Waals surface area contributed by atoms with Gasteiger partial charge in [0.1, 0.15) is 0 Å². The molecule has 2 N–H and O–H groups in total. The summed E-state index contributed by atoms with van der Waals surface area (Å²) in [7, 11) is -3.15. The maximum atomic E-state index is 11.8. The second kappa shape index (κ2) is 9.95. The topological polar surface area (TPSA) is 70.6 Å². The van der Waals surface area contributed by atoms with Crippen molar-refractivity contribution in [2.24, 2.45) is 4.99 Å². The van der Waals surface area contributed by atoms with E-state index in [1.165, 1.54) is 17.4 Å². The van der Waals surface area contributed by atoms with Crippen molar-refractivity contribution in [3.63, 3.8) is 0 Å². The molecule has 0 amide bonds. The monoisotopic (exact) mass is 381 g/mol. The van der Waals surface area contributed by atoms with E-state index in [-0.39, 0.29) is 6.54 Å². The second-order valence-electron chi connectivity index (χ2n) is 7.65. The number of hydrogen-bond donors (Lipinski definition) is 2. The van der Waals surface area contributed by atoms with Gasteiger partial charge in [0.05, 0.1) is 11.3 Å². The Bertz CT molecular complexity index is 678. The van der Waals surface area contributed by atoms with Crippen molar-refractivity contribution in [2.75, 3.05) is 25.9 Å². The van der Waals surface area contributed by atoms with Crippen molar-refractivity contribution in [3.05, 3.63) is 35.4 Å². The number of hydrogen-bond acceptors (Lipinski definition) is 3. The van der Waals surface area contributed by atoms with Crippen LogP contribution in [0.4, 0.5) is 0 Å². The van der Waals surface area contributed by atoms with Gasteiger partial charge in [-0.2, -0.15) is 0 Å². The van der Waals surface area contributed by atoms with E-state index in [9.17, 15) is 8.42 Å². The number of aryl methyl sites for hydroxylation is 1. The second-order valence-corrected chi connectivity index (χ2v) is 10.3. The Hall–Kier alpha value is -1.56. The molecule has 0 spiro atoms. The molecule has 0 aliphatic rings. The summed E-state index contributed by atoms with van der Waals surface area (Å²) in [6, 6.07) is 8.80. The van der Waals surface area contributed by atoms with Crippen molar-refractivity contribution in [1.82, 2.24) is 10.6 Å². The lowest BCUT2D eigenvalue weighted by molar-refractivity contribution is 0.554. The molecule has 0 bridgehead atoms. The Kier molecular flexibility index (Phi) is 8.60. The normalized spacial score (nSPS) is 13.1. The highest BCUT2D eigenvalue weighted by molar-refractivity contribution is 7.92. The van der Waals surface area contributed by atoms with Crippen LogP contribution >= 0.6 is 0 Å². The zero-order chi connectivity index (χ0) is 19.8. The van der Waals surface area contributed by atoms with Crippen molar-refractivity contribution < 1.29 is 8.42 Å². The van der Waals surface area contributed by atoms with Crippen LogP contribution in [0.3, 0.4) is 0 Å². The van der Waals surface area contributed by atoms with E-state index in [2.05, 4.69) is 53.7 Å². The molecule has 1 aromatic rings. The average Bonchev–Trinajstić information content (AvgIpc) is 2.55. The minimum Gasteiger partial charge on any atom is -0.357 e. The van der Waals surface area contributed by atoms with E-state index < -0.39 is 14.6 Å². The van der Waals surface area contributed by atoms with Crippen LogP contribution in [0.5, 0.6) is 0 Å². The van der Waals surface area contributed by atoms with Gasteiger partial charge in [0.25, 0.3) is 0 Å². The number of guanidine groups is 1. The van der Waals surface area contributed by atoms with Gasteiger partial charge >= 0.3 is 0 Å². The van der Waals surface area contributed by atoms with Crippen LogP contribution < -0.4 is 10.6 Å². The predicted molar refractivity (Wildman–Crippen MR) is 112 cm³/mol. The molecule has 0 aliphatic carbocycles. The van der Waals surface area contributed by atoms with Crippen molar-refractivity contribution >= 4 is 15.8 Å². The Morgan fingerprint density at radius 3 is 2.27 bits per heavy atom. The number of nitrogens with zero attached hydrogens (tertiary/aromatic N) is 1. The maximum Gasteiger partial charge on any atom is 0.191 e. The van der Waals surface area contributed by atoms with Gasteiger partial charge in [-0.3, -0.25) is 4.99 Å². The average molecular weight is 382 g/mol. The van der Waals surface area contributed by atoms with Crippen molar-refractivity contribution in [3.8, 4) is 0 Å². The first kappa shape index (κ1) is 22.5. The maximum absolute atomic E-state index is 11.8. The summed E-state index contributed by atoms with van der Waals surface area (Å²) in [4.78, 5) is 4.44. The van der Waals surface area contributed by atoms with Crippen LogP contribution in [0.25, 0.3) is 0 Å². The SMILES string of the molecule is CCNC(=NCC(C)(C)S(C)(=O)=O)NCCCc1ccc(C(C)C)cc1. The largest absolute Gasteiger partial charge is 0.357 e. The molecule has 0 radical (unpaired) electrons. The minimum atomic E-state index is -3.15. The standard InChI is InChI=1S/C20H35N3O2S/c1-7-21-19(23-15-20(4,5)26(6,24)25)22-14-8-9-17-10-12-18(13-11-17)16(2)3/h10-13,16H,7-9,14-15H2,1-6H3,(H2,21,22,23). The highest BCUT2D eigenvalue weighted by Crippen LogP contribution is 2.16. The summed E-state index contributed by atoms with van der Waals surface area (Å²) in [5.74, 6) is 1.22. The van der Waals surface area contributed by atoms with Gasteiger partial charge in [-0.1, -0.05) is 38.1 Å². The quantitative estimate of drug-likeness (QED) is 0.392. The van der Waals surface area contributed by atoms with Crippen LogP contribution in [0.1, 0.15) is 58.1 Å². The third kappa shape index (κ3) is 7.36. The molecule has 0 heterocycles. The summed E-state index contributed by atoms with van der Waals surface area (Å²) in [6.07, 6.45) is 3.24. The zero-order valence-corrected chi connectivity index (χ0v) is 17.9. The summed E-state index contributed by atoms with van der Waals surface area (Å²) >= 11 is 0. The Labute approximate surface area is 159 Å². The smallest absolute Gasteiger partial charge is 0.191 e. The highest BCUT2D eigenvalue weighted by Gasteiger charge is 2.29. The third-order valence-electron chi connectivity index (χ3n) is 4.55. The lowest BCUT2D eigenvalue weighted by atomic mass is 10.0. The Morgan fingerprint density at radius 1 is 1.15 bits per heavy atom. The molecule has 0 saturated heterocycles. The molecule has 5 nitrogen and oxygen atoms in total. The zero-order valence-electron chi connectivity index (χ0n) is 17.1. The molecular weight excluding hydrogens is 346 g/mol. The first-order valence-electron chi connectivity index (χ1n) is 9.37. The molecular formula is C20H35N3O2S. The molecule has 0 unspecified atom stereocenters. The fraction of sp³-hybridized carbons (Fsp3) is 0.650.